The fourth-order valence-corrected chi connectivity index (χ4v) is 1.66. The zero-order valence-corrected chi connectivity index (χ0v) is 8.38. The first-order chi connectivity index (χ1) is 7.25. The summed E-state index contributed by atoms with van der Waals surface area (Å²) in [5, 5.41) is 0. The topological polar surface area (TPSA) is 26.0 Å². The molecule has 5 heteroatoms. The summed E-state index contributed by atoms with van der Waals surface area (Å²) in [6.45, 7) is 0. The van der Waals surface area contributed by atoms with Crippen molar-refractivity contribution in [3.8, 4) is 11.3 Å². The van der Waals surface area contributed by atoms with Crippen LogP contribution in [0.3, 0.4) is 0 Å². The maximum atomic E-state index is 12.0. The van der Waals surface area contributed by atoms with Gasteiger partial charge < -0.3 is 4.42 Å². The van der Waals surface area contributed by atoms with Gasteiger partial charge in [-0.15, -0.1) is 0 Å². The van der Waals surface area contributed by atoms with Crippen molar-refractivity contribution in [2.45, 2.75) is 10.7 Å². The van der Waals surface area contributed by atoms with Gasteiger partial charge in [0.15, 0.2) is 12.2 Å². The molecule has 1 aromatic heterocycles. The molecule has 15 heavy (non-hydrogen) atoms. The van der Waals surface area contributed by atoms with E-state index in [1.165, 1.54) is 6.39 Å². The molecule has 0 atom stereocenters. The van der Waals surface area contributed by atoms with E-state index in [0.29, 0.717) is 22.4 Å². The van der Waals surface area contributed by atoms with Gasteiger partial charge >= 0.3 is 0 Å². The van der Waals surface area contributed by atoms with Crippen LogP contribution < -0.4 is 0 Å². The molecule has 2 nitrogen and oxygen atoms in total. The molecule has 1 aromatic carbocycles. The zero-order valence-electron chi connectivity index (χ0n) is 7.56. The molecule has 0 N–H and O–H groups in total. The van der Waals surface area contributed by atoms with Crippen molar-refractivity contribution in [2.24, 2.45) is 0 Å². The maximum Gasteiger partial charge on any atom is 0.288 e. The molecule has 0 radical (unpaired) electrons. The first kappa shape index (κ1) is 10.2. The average Bonchev–Trinajstić information content (AvgIpc) is 2.71. The van der Waals surface area contributed by atoms with Crippen molar-refractivity contribution in [1.82, 2.24) is 4.98 Å². The van der Waals surface area contributed by atoms with Gasteiger partial charge in [-0.2, -0.15) is 8.78 Å². The van der Waals surface area contributed by atoms with Crippen molar-refractivity contribution in [2.75, 3.05) is 0 Å². The van der Waals surface area contributed by atoms with Crippen molar-refractivity contribution in [3.63, 3.8) is 0 Å². The molecule has 2 aromatic rings. The molecule has 0 unspecified atom stereocenters. The lowest BCUT2D eigenvalue weighted by molar-refractivity contribution is 0.252. The van der Waals surface area contributed by atoms with Crippen LogP contribution in [0.15, 0.2) is 46.2 Å². The van der Waals surface area contributed by atoms with Gasteiger partial charge in [0.1, 0.15) is 0 Å². The third kappa shape index (κ3) is 2.56. The van der Waals surface area contributed by atoms with Gasteiger partial charge in [0.25, 0.3) is 5.76 Å². The number of alkyl halides is 2. The Bertz CT molecular complexity index is 413. The second kappa shape index (κ2) is 4.44. The van der Waals surface area contributed by atoms with Gasteiger partial charge in [-0.25, -0.2) is 4.98 Å². The second-order valence-corrected chi connectivity index (χ2v) is 3.83. The lowest BCUT2D eigenvalue weighted by atomic mass is 10.2. The van der Waals surface area contributed by atoms with Crippen LogP contribution in [-0.2, 0) is 0 Å². The first-order valence-electron chi connectivity index (χ1n) is 4.19. The minimum absolute atomic E-state index is 0.525. The number of halogens is 2. The Morgan fingerprint density at radius 2 is 1.93 bits per heavy atom. The number of aromatic nitrogens is 1. The van der Waals surface area contributed by atoms with Crippen LogP contribution in [0.2, 0.25) is 0 Å². The largest absolute Gasteiger partial charge is 0.444 e. The molecule has 0 amide bonds. The van der Waals surface area contributed by atoms with Crippen LogP contribution in [-0.4, -0.2) is 10.7 Å². The summed E-state index contributed by atoms with van der Waals surface area (Å²) in [5.41, 5.74) is 0.825. The number of nitrogens with zero attached hydrogens (tertiary/aromatic N) is 1. The first-order valence-corrected chi connectivity index (χ1v) is 5.07. The van der Waals surface area contributed by atoms with E-state index >= 15 is 0 Å². The fraction of sp³-hybridized carbons (Fsp3) is 0.100. The van der Waals surface area contributed by atoms with E-state index in [4.69, 9.17) is 4.42 Å². The molecule has 1 heterocycles. The maximum absolute atomic E-state index is 12.0. The lowest BCUT2D eigenvalue weighted by Crippen LogP contribution is -1.81. The van der Waals surface area contributed by atoms with Crippen molar-refractivity contribution < 1.29 is 13.2 Å². The van der Waals surface area contributed by atoms with E-state index < -0.39 is 5.76 Å². The van der Waals surface area contributed by atoms with Crippen LogP contribution >= 0.6 is 11.8 Å². The van der Waals surface area contributed by atoms with E-state index in [1.807, 2.05) is 0 Å². The van der Waals surface area contributed by atoms with Crippen LogP contribution in [0.4, 0.5) is 8.78 Å². The monoisotopic (exact) mass is 227 g/mol. The van der Waals surface area contributed by atoms with Gasteiger partial charge in [0.2, 0.25) is 0 Å². The Kier molecular flexibility index (Phi) is 3.01. The molecule has 78 valence electrons. The molecule has 0 aliphatic rings. The Hall–Kier alpha value is -1.36. The van der Waals surface area contributed by atoms with Crippen molar-refractivity contribution in [3.05, 3.63) is 36.9 Å². The van der Waals surface area contributed by atoms with E-state index in [0.717, 1.165) is 5.56 Å². The molecule has 2 rings (SSSR count). The van der Waals surface area contributed by atoms with E-state index in [9.17, 15) is 8.78 Å². The summed E-state index contributed by atoms with van der Waals surface area (Å²) in [5.74, 6) is -1.76. The predicted molar refractivity (Wildman–Crippen MR) is 53.8 cm³/mol. The second-order valence-electron chi connectivity index (χ2n) is 2.77. The molecule has 0 spiro atoms. The highest BCUT2D eigenvalue weighted by molar-refractivity contribution is 7.99. The minimum atomic E-state index is -2.39. The SMILES string of the molecule is FC(F)Sc1ccc(-c2cnco2)cc1. The Morgan fingerprint density at radius 1 is 1.20 bits per heavy atom. The Labute approximate surface area is 89.3 Å². The molecular weight excluding hydrogens is 220 g/mol. The Morgan fingerprint density at radius 3 is 2.47 bits per heavy atom. The molecular formula is C10H7F2NOS. The number of hydrogen-bond donors (Lipinski definition) is 0. The van der Waals surface area contributed by atoms with Crippen LogP contribution in [0, 0.1) is 0 Å². The molecule has 0 aliphatic carbocycles. The normalized spacial score (nSPS) is 10.9. The highest BCUT2D eigenvalue weighted by Gasteiger charge is 2.06. The van der Waals surface area contributed by atoms with E-state index in [-0.39, 0.29) is 0 Å². The molecule has 0 saturated carbocycles. The summed E-state index contributed by atoms with van der Waals surface area (Å²) in [6, 6.07) is 6.72. The van der Waals surface area contributed by atoms with E-state index in [1.54, 1.807) is 30.5 Å². The quantitative estimate of drug-likeness (QED) is 0.748. The van der Waals surface area contributed by atoms with Crippen molar-refractivity contribution >= 4 is 11.8 Å². The van der Waals surface area contributed by atoms with Crippen LogP contribution in [0.1, 0.15) is 0 Å². The average molecular weight is 227 g/mol. The predicted octanol–water partition coefficient (Wildman–Crippen LogP) is 3.66. The standard InChI is InChI=1S/C10H7F2NOS/c11-10(12)15-8-3-1-7(2-4-8)9-5-13-6-14-9/h1-6,10H. The summed E-state index contributed by atoms with van der Waals surface area (Å²) in [7, 11) is 0. The minimum Gasteiger partial charge on any atom is -0.444 e. The van der Waals surface area contributed by atoms with Gasteiger partial charge in [0, 0.05) is 10.5 Å². The highest BCUT2D eigenvalue weighted by atomic mass is 32.2. The van der Waals surface area contributed by atoms with Gasteiger partial charge in [-0.05, 0) is 12.1 Å². The van der Waals surface area contributed by atoms with Crippen molar-refractivity contribution in [1.29, 1.82) is 0 Å². The van der Waals surface area contributed by atoms with Crippen LogP contribution in [0.25, 0.3) is 11.3 Å². The van der Waals surface area contributed by atoms with Gasteiger partial charge in [-0.1, -0.05) is 23.9 Å². The summed E-state index contributed by atoms with van der Waals surface area (Å²) < 4.78 is 29.1. The third-order valence-electron chi connectivity index (χ3n) is 1.80. The third-order valence-corrected chi connectivity index (χ3v) is 2.52. The summed E-state index contributed by atoms with van der Waals surface area (Å²) in [4.78, 5) is 4.31. The number of rotatable bonds is 3. The highest BCUT2D eigenvalue weighted by Crippen LogP contribution is 2.27. The number of oxazole rings is 1. The molecule has 0 saturated heterocycles. The van der Waals surface area contributed by atoms with Gasteiger partial charge in [0.05, 0.1) is 6.20 Å². The van der Waals surface area contributed by atoms with E-state index in [2.05, 4.69) is 4.98 Å². The summed E-state index contributed by atoms with van der Waals surface area (Å²) in [6.07, 6.45) is 2.91. The molecule has 0 aliphatic heterocycles. The fourth-order valence-electron chi connectivity index (χ4n) is 1.16. The number of hydrogen-bond acceptors (Lipinski definition) is 3. The summed E-state index contributed by atoms with van der Waals surface area (Å²) >= 11 is 0.525. The molecule has 0 fully saturated rings. The smallest absolute Gasteiger partial charge is 0.288 e. The molecule has 0 bridgehead atoms. The van der Waals surface area contributed by atoms with Gasteiger partial charge in [-0.3, -0.25) is 0 Å². The number of benzene rings is 1. The zero-order chi connectivity index (χ0) is 10.7. The Balaban J connectivity index is 2.17. The van der Waals surface area contributed by atoms with Crippen LogP contribution in [0.5, 0.6) is 0 Å². The lowest BCUT2D eigenvalue weighted by Gasteiger charge is -2.00. The number of thioether (sulfide) groups is 1.